The van der Waals surface area contributed by atoms with Crippen molar-refractivity contribution in [3.05, 3.63) is 0 Å². The molecule has 96 valence electrons. The van der Waals surface area contributed by atoms with Crippen LogP contribution >= 0.6 is 0 Å². The molecule has 5 N–H and O–H groups in total. The predicted molar refractivity (Wildman–Crippen MR) is 56.5 cm³/mol. The molecule has 1 saturated heterocycles. The molecule has 6 heteroatoms. The Morgan fingerprint density at radius 2 is 1.94 bits per heavy atom. The first-order valence-electron chi connectivity index (χ1n) is 5.47. The number of rotatable bonds is 4. The van der Waals surface area contributed by atoms with Crippen LogP contribution in [0.15, 0.2) is 0 Å². The Labute approximate surface area is 95.0 Å². The minimum absolute atomic E-state index is 0.0787. The van der Waals surface area contributed by atoms with E-state index in [1.165, 1.54) is 0 Å². The van der Waals surface area contributed by atoms with Gasteiger partial charge >= 0.3 is 0 Å². The summed E-state index contributed by atoms with van der Waals surface area (Å²) in [4.78, 5) is 0. The molecule has 3 unspecified atom stereocenters. The highest BCUT2D eigenvalue weighted by atomic mass is 16.7. The number of aliphatic hydroxyl groups is 3. The fraction of sp³-hybridized carbons (Fsp3) is 1.00. The van der Waals surface area contributed by atoms with Crippen molar-refractivity contribution < 1.29 is 24.8 Å². The highest BCUT2D eigenvalue weighted by molar-refractivity contribution is 4.91. The van der Waals surface area contributed by atoms with Gasteiger partial charge in [0, 0.05) is 5.92 Å². The highest BCUT2D eigenvalue weighted by Crippen LogP contribution is 2.25. The summed E-state index contributed by atoms with van der Waals surface area (Å²) in [5, 5.41) is 28.0. The van der Waals surface area contributed by atoms with Crippen LogP contribution in [-0.4, -0.2) is 59.2 Å². The molecular weight excluding hydrogens is 214 g/mol. The van der Waals surface area contributed by atoms with Gasteiger partial charge in [0.1, 0.15) is 6.10 Å². The number of nitrogens with two attached hydrogens (primary N) is 1. The van der Waals surface area contributed by atoms with E-state index in [2.05, 4.69) is 0 Å². The molecule has 0 aromatic carbocycles. The Hall–Kier alpha value is -0.240. The zero-order valence-corrected chi connectivity index (χ0v) is 9.61. The van der Waals surface area contributed by atoms with Crippen LogP contribution in [0, 0.1) is 5.92 Å². The molecule has 1 aliphatic rings. The molecule has 0 amide bonds. The van der Waals surface area contributed by atoms with Crippen LogP contribution in [0.4, 0.5) is 0 Å². The molecule has 0 aliphatic carbocycles. The molecular formula is C10H21NO5. The van der Waals surface area contributed by atoms with Gasteiger partial charge in [0.05, 0.1) is 31.5 Å². The fourth-order valence-corrected chi connectivity index (χ4v) is 1.82. The quantitative estimate of drug-likeness (QED) is 0.469. The van der Waals surface area contributed by atoms with Gasteiger partial charge in [-0.1, -0.05) is 0 Å². The van der Waals surface area contributed by atoms with Crippen molar-refractivity contribution in [2.24, 2.45) is 11.7 Å². The molecule has 0 saturated carbocycles. The van der Waals surface area contributed by atoms with Crippen LogP contribution in [0.3, 0.4) is 0 Å². The summed E-state index contributed by atoms with van der Waals surface area (Å²) in [6, 6.07) is -0.606. The maximum atomic E-state index is 9.77. The van der Waals surface area contributed by atoms with Crippen molar-refractivity contribution in [2.45, 2.75) is 44.5 Å². The Balaban J connectivity index is 2.72. The van der Waals surface area contributed by atoms with Crippen molar-refractivity contribution in [1.82, 2.24) is 0 Å². The molecule has 0 aromatic heterocycles. The fourth-order valence-electron chi connectivity index (χ4n) is 1.82. The van der Waals surface area contributed by atoms with E-state index in [-0.39, 0.29) is 19.3 Å². The summed E-state index contributed by atoms with van der Waals surface area (Å²) >= 11 is 0. The third-order valence-corrected chi connectivity index (χ3v) is 2.73. The zero-order chi connectivity index (χ0) is 12.3. The third-order valence-electron chi connectivity index (χ3n) is 2.73. The van der Waals surface area contributed by atoms with E-state index in [4.69, 9.17) is 25.4 Å². The van der Waals surface area contributed by atoms with Gasteiger partial charge in [0.2, 0.25) is 0 Å². The summed E-state index contributed by atoms with van der Waals surface area (Å²) in [5.74, 6) is -0.547. The van der Waals surface area contributed by atoms with Gasteiger partial charge in [-0.05, 0) is 13.8 Å². The van der Waals surface area contributed by atoms with Gasteiger partial charge in [-0.25, -0.2) is 0 Å². The van der Waals surface area contributed by atoms with Crippen molar-refractivity contribution in [2.75, 3.05) is 13.2 Å². The molecule has 1 rings (SSSR count). The molecule has 0 radical (unpaired) electrons. The normalized spacial score (nSPS) is 40.3. The Morgan fingerprint density at radius 3 is 2.38 bits per heavy atom. The second-order valence-corrected chi connectivity index (χ2v) is 4.32. The van der Waals surface area contributed by atoms with E-state index in [9.17, 15) is 5.11 Å². The average Bonchev–Trinajstić information content (AvgIpc) is 2.22. The minimum Gasteiger partial charge on any atom is -0.396 e. The van der Waals surface area contributed by atoms with Crippen molar-refractivity contribution in [1.29, 1.82) is 0 Å². The lowest BCUT2D eigenvalue weighted by atomic mass is 9.88. The van der Waals surface area contributed by atoms with Gasteiger partial charge in [-0.2, -0.15) is 0 Å². The Bertz CT molecular complexity index is 213. The van der Waals surface area contributed by atoms with Crippen molar-refractivity contribution in [3.8, 4) is 0 Å². The topological polar surface area (TPSA) is 105 Å². The maximum absolute atomic E-state index is 9.77. The molecule has 6 nitrogen and oxygen atoms in total. The van der Waals surface area contributed by atoms with Gasteiger partial charge in [-0.3, -0.25) is 0 Å². The molecule has 0 bridgehead atoms. The monoisotopic (exact) mass is 235 g/mol. The van der Waals surface area contributed by atoms with E-state index in [0.29, 0.717) is 0 Å². The van der Waals surface area contributed by atoms with Gasteiger partial charge in [0.15, 0.2) is 6.29 Å². The third kappa shape index (κ3) is 2.91. The van der Waals surface area contributed by atoms with E-state index < -0.39 is 30.5 Å². The number of hydrogen-bond donors (Lipinski definition) is 4. The molecule has 16 heavy (non-hydrogen) atoms. The Kier molecular flexibility index (Phi) is 5.10. The molecule has 0 spiro atoms. The Morgan fingerprint density at radius 1 is 1.31 bits per heavy atom. The van der Waals surface area contributed by atoms with Crippen LogP contribution in [0.2, 0.25) is 0 Å². The molecule has 1 aliphatic heterocycles. The first-order valence-corrected chi connectivity index (χ1v) is 5.47. The summed E-state index contributed by atoms with van der Waals surface area (Å²) in [6.07, 6.45) is -2.53. The molecule has 0 aromatic rings. The SMILES string of the molecule is CC(C)O[C@H]1OC(CO)[C@@H](O)C(CO)C1N. The average molecular weight is 235 g/mol. The zero-order valence-electron chi connectivity index (χ0n) is 9.61. The predicted octanol–water partition coefficient (Wildman–Crippen LogP) is -1.57. The lowest BCUT2D eigenvalue weighted by Gasteiger charge is -2.42. The largest absolute Gasteiger partial charge is 0.396 e. The van der Waals surface area contributed by atoms with Gasteiger partial charge in [0.25, 0.3) is 0 Å². The first-order chi connectivity index (χ1) is 7.51. The lowest BCUT2D eigenvalue weighted by Crippen LogP contribution is -2.60. The minimum atomic E-state index is -0.975. The van der Waals surface area contributed by atoms with Crippen LogP contribution in [0.5, 0.6) is 0 Å². The number of ether oxygens (including phenoxy) is 2. The molecule has 1 heterocycles. The lowest BCUT2D eigenvalue weighted by molar-refractivity contribution is -0.267. The standard InChI is InChI=1S/C10H21NO5/c1-5(2)15-10-8(11)6(3-12)9(14)7(4-13)16-10/h5-10,12-14H,3-4,11H2,1-2H3/t6?,7?,8?,9-,10-/m0/s1. The smallest absolute Gasteiger partial charge is 0.173 e. The molecule has 1 fully saturated rings. The van der Waals surface area contributed by atoms with Crippen LogP contribution in [-0.2, 0) is 9.47 Å². The summed E-state index contributed by atoms with van der Waals surface area (Å²) in [6.45, 7) is 3.08. The first kappa shape index (κ1) is 13.8. The van der Waals surface area contributed by atoms with E-state index in [0.717, 1.165) is 0 Å². The van der Waals surface area contributed by atoms with Gasteiger partial charge in [-0.15, -0.1) is 0 Å². The van der Waals surface area contributed by atoms with Gasteiger partial charge < -0.3 is 30.5 Å². The van der Waals surface area contributed by atoms with Crippen LogP contribution in [0.1, 0.15) is 13.8 Å². The summed E-state index contributed by atoms with van der Waals surface area (Å²) < 4.78 is 10.8. The maximum Gasteiger partial charge on any atom is 0.173 e. The number of aliphatic hydroxyl groups excluding tert-OH is 3. The van der Waals surface area contributed by atoms with Crippen LogP contribution in [0.25, 0.3) is 0 Å². The summed E-state index contributed by atoms with van der Waals surface area (Å²) in [7, 11) is 0. The highest BCUT2D eigenvalue weighted by Gasteiger charge is 2.43. The van der Waals surface area contributed by atoms with E-state index in [1.807, 2.05) is 13.8 Å². The van der Waals surface area contributed by atoms with Crippen molar-refractivity contribution in [3.63, 3.8) is 0 Å². The molecule has 5 atom stereocenters. The second kappa shape index (κ2) is 5.90. The summed E-state index contributed by atoms with van der Waals surface area (Å²) in [5.41, 5.74) is 5.84. The van der Waals surface area contributed by atoms with Crippen LogP contribution < -0.4 is 5.73 Å². The number of hydrogen-bond acceptors (Lipinski definition) is 6. The van der Waals surface area contributed by atoms with E-state index >= 15 is 0 Å². The second-order valence-electron chi connectivity index (χ2n) is 4.32. The van der Waals surface area contributed by atoms with E-state index in [1.54, 1.807) is 0 Å². The van der Waals surface area contributed by atoms with Crippen molar-refractivity contribution >= 4 is 0 Å².